The number of H-pyrrole nitrogens is 1. The Balaban J connectivity index is 2.13. The van der Waals surface area contributed by atoms with Gasteiger partial charge in [-0.3, -0.25) is 14.3 Å². The molecule has 1 aromatic carbocycles. The fraction of sp³-hybridized carbons (Fsp3) is 0.353. The van der Waals surface area contributed by atoms with E-state index in [2.05, 4.69) is 14.5 Å². The topological polar surface area (TPSA) is 245 Å². The summed E-state index contributed by atoms with van der Waals surface area (Å²) in [4.78, 5) is 62.8. The Morgan fingerprint density at radius 3 is 2.45 bits per heavy atom. The number of phosphoric ester groups is 1. The van der Waals surface area contributed by atoms with Crippen LogP contribution < -0.4 is 11.2 Å². The van der Waals surface area contributed by atoms with Crippen LogP contribution in [0.2, 0.25) is 0 Å². The number of aliphatic hydroxyl groups is 3. The third-order valence-electron chi connectivity index (χ3n) is 4.76. The molecule has 0 amide bonds. The highest BCUT2D eigenvalue weighted by molar-refractivity contribution is 7.46. The highest BCUT2D eigenvalue weighted by Crippen LogP contribution is 2.36. The minimum Gasteiger partial charge on any atom is -0.478 e. The second-order valence-corrected chi connectivity index (χ2v) is 8.38. The van der Waals surface area contributed by atoms with Gasteiger partial charge in [0.2, 0.25) is 0 Å². The minimum atomic E-state index is -4.96. The number of phosphoric acid groups is 1. The molecular weight excluding hydrogens is 467 g/mol. The maximum Gasteiger partial charge on any atom is 0.469 e. The summed E-state index contributed by atoms with van der Waals surface area (Å²) in [6.45, 7) is -0.143. The quantitative estimate of drug-likeness (QED) is 0.132. The van der Waals surface area contributed by atoms with Gasteiger partial charge in [0.15, 0.2) is 11.5 Å². The van der Waals surface area contributed by atoms with Gasteiger partial charge in [0, 0.05) is 0 Å². The number of aliphatic hydroxyl groups excluding tert-OH is 3. The average Bonchev–Trinajstić information content (AvgIpc) is 2.70. The molecule has 0 spiro atoms. The molecule has 3 rings (SSSR count). The van der Waals surface area contributed by atoms with Gasteiger partial charge in [-0.05, 0) is 24.6 Å². The standard InChI is InChI=1S/C17H19N4O11P/c1-6-2-8-9(3-7(6)16(26)27)21(14-12(18-8)15(25)20-17(28)19-14)4-10(22)13(24)11(23)5-32-33(29,30)31/h2-3,10-11,13,22-24H,4-5H2,1H3,(H,26,27)(H,20,25,28)(H2,29,30,31)/t10-,11+,13-/m0/s1. The first kappa shape index (κ1) is 24.6. The maximum absolute atomic E-state index is 12.3. The Morgan fingerprint density at radius 1 is 1.18 bits per heavy atom. The van der Waals surface area contributed by atoms with Crippen molar-refractivity contribution in [3.63, 3.8) is 0 Å². The number of aromatic amines is 1. The molecule has 0 aliphatic carbocycles. The zero-order valence-corrected chi connectivity index (χ0v) is 17.7. The summed E-state index contributed by atoms with van der Waals surface area (Å²) in [7, 11) is -4.96. The summed E-state index contributed by atoms with van der Waals surface area (Å²) >= 11 is 0. The van der Waals surface area contributed by atoms with Crippen molar-refractivity contribution in [2.45, 2.75) is 31.8 Å². The van der Waals surface area contributed by atoms with Gasteiger partial charge in [-0.15, -0.1) is 0 Å². The fourth-order valence-corrected chi connectivity index (χ4v) is 3.53. The van der Waals surface area contributed by atoms with Crippen LogP contribution in [0.15, 0.2) is 21.7 Å². The molecule has 178 valence electrons. The van der Waals surface area contributed by atoms with E-state index in [1.54, 1.807) is 0 Å². The number of fused-ring (bicyclic) bond motifs is 2. The van der Waals surface area contributed by atoms with Crippen LogP contribution in [0, 0.1) is 6.92 Å². The van der Waals surface area contributed by atoms with Crippen molar-refractivity contribution < 1.29 is 44.1 Å². The molecule has 15 nitrogen and oxygen atoms in total. The first-order valence-corrected chi connectivity index (χ1v) is 10.7. The van der Waals surface area contributed by atoms with Crippen molar-refractivity contribution in [3.8, 4) is 11.5 Å². The van der Waals surface area contributed by atoms with Crippen molar-refractivity contribution >= 4 is 24.8 Å². The monoisotopic (exact) mass is 486 g/mol. The molecule has 2 aliphatic rings. The fourth-order valence-electron chi connectivity index (χ4n) is 3.18. The lowest BCUT2D eigenvalue weighted by Gasteiger charge is -2.25. The highest BCUT2D eigenvalue weighted by atomic mass is 31.2. The van der Waals surface area contributed by atoms with Crippen LogP contribution in [0.5, 0.6) is 0 Å². The first-order chi connectivity index (χ1) is 15.3. The van der Waals surface area contributed by atoms with E-state index >= 15 is 0 Å². The van der Waals surface area contributed by atoms with Crippen molar-refractivity contribution in [1.82, 2.24) is 19.5 Å². The lowest BCUT2D eigenvalue weighted by molar-refractivity contribution is -0.0793. The molecule has 2 heterocycles. The molecule has 16 heteroatoms. The van der Waals surface area contributed by atoms with E-state index in [1.807, 2.05) is 4.98 Å². The molecule has 3 atom stereocenters. The molecule has 0 fully saturated rings. The Hall–Kier alpha value is -3.04. The summed E-state index contributed by atoms with van der Waals surface area (Å²) in [5.74, 6) is -1.61. The number of hydrogen-bond acceptors (Lipinski definition) is 10. The summed E-state index contributed by atoms with van der Waals surface area (Å²) in [5.41, 5.74) is -1.93. The normalized spacial score (nSPS) is 15.0. The second kappa shape index (κ2) is 9.07. The van der Waals surface area contributed by atoms with Gasteiger partial charge >= 0.3 is 19.5 Å². The highest BCUT2D eigenvalue weighted by Gasteiger charge is 2.30. The van der Waals surface area contributed by atoms with Crippen LogP contribution in [-0.4, -0.2) is 80.6 Å². The molecule has 0 saturated carbocycles. The van der Waals surface area contributed by atoms with Crippen LogP contribution in [0.1, 0.15) is 15.9 Å². The Morgan fingerprint density at radius 2 is 1.85 bits per heavy atom. The molecule has 0 bridgehead atoms. The van der Waals surface area contributed by atoms with Crippen molar-refractivity contribution in [1.29, 1.82) is 0 Å². The van der Waals surface area contributed by atoms with Crippen LogP contribution in [0.25, 0.3) is 22.6 Å². The molecular formula is C17H19N4O11P. The summed E-state index contributed by atoms with van der Waals surface area (Å²) in [6.07, 6.45) is -5.78. The number of nitrogens with one attached hydrogen (secondary N) is 1. The van der Waals surface area contributed by atoms with Gasteiger partial charge in [-0.25, -0.2) is 19.1 Å². The number of hydrogen-bond donors (Lipinski definition) is 7. The first-order valence-electron chi connectivity index (χ1n) is 9.21. The van der Waals surface area contributed by atoms with E-state index in [0.29, 0.717) is 5.56 Å². The smallest absolute Gasteiger partial charge is 0.469 e. The van der Waals surface area contributed by atoms with Crippen molar-refractivity contribution in [2.24, 2.45) is 0 Å². The Kier molecular flexibility index (Phi) is 6.76. The van der Waals surface area contributed by atoms with Gasteiger partial charge in [-0.2, -0.15) is 4.98 Å². The molecule has 0 radical (unpaired) electrons. The zero-order valence-electron chi connectivity index (χ0n) is 16.8. The summed E-state index contributed by atoms with van der Waals surface area (Å²) in [6, 6.07) is 2.55. The van der Waals surface area contributed by atoms with Gasteiger partial charge < -0.3 is 34.8 Å². The third-order valence-corrected chi connectivity index (χ3v) is 5.24. The number of aromatic carboxylic acids is 1. The predicted octanol–water partition coefficient (Wildman–Crippen LogP) is -2.22. The Bertz CT molecular complexity index is 1350. The minimum absolute atomic E-state index is 0.0372. The molecule has 0 aromatic heterocycles. The molecule has 33 heavy (non-hydrogen) atoms. The van der Waals surface area contributed by atoms with E-state index < -0.39 is 56.5 Å². The largest absolute Gasteiger partial charge is 0.478 e. The van der Waals surface area contributed by atoms with Crippen LogP contribution >= 0.6 is 7.82 Å². The molecule has 1 aromatic rings. The van der Waals surface area contributed by atoms with E-state index in [0.717, 1.165) is 4.57 Å². The van der Waals surface area contributed by atoms with Crippen LogP contribution in [-0.2, 0) is 15.6 Å². The van der Waals surface area contributed by atoms with Crippen LogP contribution in [0.4, 0.5) is 0 Å². The summed E-state index contributed by atoms with van der Waals surface area (Å²) < 4.78 is 16.0. The number of aromatic nitrogens is 4. The second-order valence-electron chi connectivity index (χ2n) is 7.14. The number of nitrogens with zero attached hydrogens (tertiary/aromatic N) is 3. The van der Waals surface area contributed by atoms with E-state index in [-0.39, 0.29) is 28.1 Å². The average molecular weight is 486 g/mol. The predicted molar refractivity (Wildman–Crippen MR) is 109 cm³/mol. The SMILES string of the molecule is Cc1cc2nc3c(=O)[nH]c(=O)nc-3n(C[C@H](O)[C@H](O)[C@H](O)COP(=O)(O)O)c2cc1C(=O)O. The van der Waals surface area contributed by atoms with Gasteiger partial charge in [0.1, 0.15) is 18.3 Å². The number of carbonyl (C=O) groups is 1. The molecule has 0 saturated heterocycles. The number of carboxylic acids is 1. The Labute approximate surface area is 183 Å². The lowest BCUT2D eigenvalue weighted by atomic mass is 10.1. The van der Waals surface area contributed by atoms with E-state index in [1.165, 1.54) is 19.1 Å². The number of aryl methyl sites for hydroxylation is 1. The van der Waals surface area contributed by atoms with Gasteiger partial charge in [0.25, 0.3) is 5.56 Å². The zero-order chi connectivity index (χ0) is 24.7. The third kappa shape index (κ3) is 5.31. The number of carboxylic acid groups (broad SMARTS) is 1. The van der Waals surface area contributed by atoms with E-state index in [4.69, 9.17) is 9.79 Å². The number of rotatable bonds is 8. The van der Waals surface area contributed by atoms with Crippen molar-refractivity contribution in [3.05, 3.63) is 44.1 Å². The number of benzene rings is 1. The lowest BCUT2D eigenvalue weighted by Crippen LogP contribution is -2.42. The maximum atomic E-state index is 12.3. The van der Waals surface area contributed by atoms with Gasteiger partial charge in [-0.1, -0.05) is 0 Å². The summed E-state index contributed by atoms with van der Waals surface area (Å²) in [5, 5.41) is 40.0. The molecule has 2 aliphatic heterocycles. The molecule has 0 unspecified atom stereocenters. The van der Waals surface area contributed by atoms with Gasteiger partial charge in [0.05, 0.1) is 29.7 Å². The van der Waals surface area contributed by atoms with E-state index in [9.17, 15) is 39.4 Å². The van der Waals surface area contributed by atoms with Crippen molar-refractivity contribution in [2.75, 3.05) is 6.61 Å². The molecule has 7 N–H and O–H groups in total. The van der Waals surface area contributed by atoms with Crippen LogP contribution in [0.3, 0.4) is 0 Å².